The molecule has 0 spiro atoms. The summed E-state index contributed by atoms with van der Waals surface area (Å²) in [7, 11) is -3.32. The maximum absolute atomic E-state index is 11.9. The number of hydrogen-bond donors (Lipinski definition) is 2. The number of hydrogen-bond acceptors (Lipinski definition) is 4. The van der Waals surface area contributed by atoms with E-state index in [2.05, 4.69) is 0 Å². The number of phenolic OH excluding ortho intramolecular Hbond substituents is 1. The average molecular weight is 228 g/mol. The van der Waals surface area contributed by atoms with Crippen molar-refractivity contribution in [2.45, 2.75) is 29.1 Å². The van der Waals surface area contributed by atoms with Crippen molar-refractivity contribution in [3.05, 3.63) is 24.3 Å². The van der Waals surface area contributed by atoms with Crippen LogP contribution in [-0.4, -0.2) is 30.0 Å². The first-order valence-electron chi connectivity index (χ1n) is 4.71. The van der Waals surface area contributed by atoms with Gasteiger partial charge >= 0.3 is 0 Å². The zero-order valence-electron chi connectivity index (χ0n) is 8.00. The van der Waals surface area contributed by atoms with Crippen LogP contribution in [0.3, 0.4) is 0 Å². The van der Waals surface area contributed by atoms with Gasteiger partial charge in [0.2, 0.25) is 0 Å². The van der Waals surface area contributed by atoms with Crippen LogP contribution in [0, 0.1) is 0 Å². The van der Waals surface area contributed by atoms with Gasteiger partial charge in [0, 0.05) is 0 Å². The Morgan fingerprint density at radius 2 is 1.67 bits per heavy atom. The third-order valence-corrected chi connectivity index (χ3v) is 4.87. The highest BCUT2D eigenvalue weighted by Crippen LogP contribution is 2.31. The summed E-state index contributed by atoms with van der Waals surface area (Å²) in [6.07, 6.45) is 0.133. The third kappa shape index (κ3) is 1.85. The molecule has 1 aliphatic carbocycles. The number of aromatic hydroxyl groups is 1. The van der Waals surface area contributed by atoms with E-state index in [-0.39, 0.29) is 10.6 Å². The number of phenols is 1. The SMILES string of the molecule is O=S(=O)(c1ccc(O)cc1)[C@H]1C[C@@H](O)C1. The summed E-state index contributed by atoms with van der Waals surface area (Å²) in [6, 6.07) is 5.47. The number of aliphatic hydroxyl groups is 1. The Balaban J connectivity index is 2.26. The molecule has 1 aromatic carbocycles. The second-order valence-electron chi connectivity index (χ2n) is 3.79. The lowest BCUT2D eigenvalue weighted by molar-refractivity contribution is 0.0977. The van der Waals surface area contributed by atoms with E-state index in [0.717, 1.165) is 0 Å². The van der Waals surface area contributed by atoms with Gasteiger partial charge in [-0.05, 0) is 37.1 Å². The molecule has 2 rings (SSSR count). The monoisotopic (exact) mass is 228 g/mol. The van der Waals surface area contributed by atoms with E-state index < -0.39 is 21.2 Å². The van der Waals surface area contributed by atoms with Crippen molar-refractivity contribution >= 4 is 9.84 Å². The fraction of sp³-hybridized carbons (Fsp3) is 0.400. The second kappa shape index (κ2) is 3.50. The highest BCUT2D eigenvalue weighted by molar-refractivity contribution is 7.92. The fourth-order valence-electron chi connectivity index (χ4n) is 1.62. The minimum absolute atomic E-state index is 0.0441. The van der Waals surface area contributed by atoms with Crippen LogP contribution in [0.4, 0.5) is 0 Å². The van der Waals surface area contributed by atoms with E-state index in [1.165, 1.54) is 24.3 Å². The summed E-state index contributed by atoms with van der Waals surface area (Å²) < 4.78 is 23.8. The number of rotatable bonds is 2. The molecule has 82 valence electrons. The lowest BCUT2D eigenvalue weighted by Crippen LogP contribution is -2.39. The van der Waals surface area contributed by atoms with Crippen molar-refractivity contribution in [3.63, 3.8) is 0 Å². The molecule has 1 fully saturated rings. The van der Waals surface area contributed by atoms with E-state index in [1.807, 2.05) is 0 Å². The van der Waals surface area contributed by atoms with Crippen molar-refractivity contribution in [2.24, 2.45) is 0 Å². The quantitative estimate of drug-likeness (QED) is 0.781. The summed E-state index contributed by atoms with van der Waals surface area (Å²) >= 11 is 0. The topological polar surface area (TPSA) is 74.6 Å². The predicted octanol–water partition coefficient (Wildman–Crippen LogP) is 0.689. The molecular formula is C10H12O4S. The van der Waals surface area contributed by atoms with Crippen LogP contribution >= 0.6 is 0 Å². The highest BCUT2D eigenvalue weighted by atomic mass is 32.2. The van der Waals surface area contributed by atoms with E-state index >= 15 is 0 Å². The number of benzene rings is 1. The van der Waals surface area contributed by atoms with Crippen LogP contribution in [0.2, 0.25) is 0 Å². The smallest absolute Gasteiger partial charge is 0.181 e. The van der Waals surface area contributed by atoms with E-state index in [1.54, 1.807) is 0 Å². The molecule has 2 N–H and O–H groups in total. The van der Waals surface area contributed by atoms with Gasteiger partial charge in [0.1, 0.15) is 5.75 Å². The predicted molar refractivity (Wildman–Crippen MR) is 54.3 cm³/mol. The first-order valence-corrected chi connectivity index (χ1v) is 6.26. The molecule has 1 aromatic rings. The molecule has 0 heterocycles. The Morgan fingerprint density at radius 3 is 2.13 bits per heavy atom. The van der Waals surface area contributed by atoms with Crippen molar-refractivity contribution in [3.8, 4) is 5.75 Å². The standard InChI is InChI=1S/C10H12O4S/c11-7-1-3-9(4-2-7)15(13,14)10-5-8(12)6-10/h1-4,8,10-12H,5-6H2/t8-,10+. The van der Waals surface area contributed by atoms with Gasteiger partial charge in [-0.2, -0.15) is 0 Å². The molecule has 0 radical (unpaired) electrons. The molecule has 0 amide bonds. The molecule has 15 heavy (non-hydrogen) atoms. The van der Waals surface area contributed by atoms with Crippen molar-refractivity contribution in [1.29, 1.82) is 0 Å². The zero-order valence-corrected chi connectivity index (χ0v) is 8.81. The van der Waals surface area contributed by atoms with Crippen molar-refractivity contribution in [2.75, 3.05) is 0 Å². The van der Waals surface area contributed by atoms with Crippen LogP contribution < -0.4 is 0 Å². The summed E-state index contributed by atoms with van der Waals surface area (Å²) in [5, 5.41) is 17.6. The fourth-order valence-corrected chi connectivity index (χ4v) is 3.47. The molecule has 0 aliphatic heterocycles. The highest BCUT2D eigenvalue weighted by Gasteiger charge is 2.38. The van der Waals surface area contributed by atoms with Crippen molar-refractivity contribution in [1.82, 2.24) is 0 Å². The molecule has 0 aromatic heterocycles. The van der Waals surface area contributed by atoms with Gasteiger partial charge in [-0.1, -0.05) is 0 Å². The molecule has 0 saturated heterocycles. The second-order valence-corrected chi connectivity index (χ2v) is 6.01. The van der Waals surface area contributed by atoms with Crippen LogP contribution in [0.15, 0.2) is 29.2 Å². The zero-order chi connectivity index (χ0) is 11.1. The van der Waals surface area contributed by atoms with Crippen LogP contribution in [0.5, 0.6) is 5.75 Å². The largest absolute Gasteiger partial charge is 0.508 e. The summed E-state index contributed by atoms with van der Waals surface area (Å²) in [4.78, 5) is 0.206. The van der Waals surface area contributed by atoms with E-state index in [4.69, 9.17) is 10.2 Å². The maximum Gasteiger partial charge on any atom is 0.181 e. The van der Waals surface area contributed by atoms with Gasteiger partial charge in [0.05, 0.1) is 16.2 Å². The van der Waals surface area contributed by atoms with Gasteiger partial charge in [-0.3, -0.25) is 0 Å². The first kappa shape index (κ1) is 10.4. The van der Waals surface area contributed by atoms with Gasteiger partial charge in [0.15, 0.2) is 9.84 Å². The number of sulfone groups is 1. The molecular weight excluding hydrogens is 216 g/mol. The molecule has 5 heteroatoms. The molecule has 4 nitrogen and oxygen atoms in total. The lowest BCUT2D eigenvalue weighted by Gasteiger charge is -2.30. The average Bonchev–Trinajstić information content (AvgIpc) is 2.13. The van der Waals surface area contributed by atoms with Crippen LogP contribution in [0.1, 0.15) is 12.8 Å². The van der Waals surface area contributed by atoms with E-state index in [9.17, 15) is 8.42 Å². The van der Waals surface area contributed by atoms with Gasteiger partial charge < -0.3 is 10.2 Å². The Kier molecular flexibility index (Phi) is 2.44. The molecule has 0 unspecified atom stereocenters. The minimum Gasteiger partial charge on any atom is -0.508 e. The van der Waals surface area contributed by atoms with Gasteiger partial charge in [-0.25, -0.2) is 8.42 Å². The summed E-state index contributed by atoms with van der Waals surface area (Å²) in [5.41, 5.74) is 0. The molecule has 1 aliphatic rings. The Bertz CT molecular complexity index is 443. The lowest BCUT2D eigenvalue weighted by atomic mass is 9.96. The third-order valence-electron chi connectivity index (χ3n) is 2.67. The maximum atomic E-state index is 11.9. The van der Waals surface area contributed by atoms with Gasteiger partial charge in [-0.15, -0.1) is 0 Å². The van der Waals surface area contributed by atoms with Crippen molar-refractivity contribution < 1.29 is 18.6 Å². The Labute approximate surface area is 88.1 Å². The Morgan fingerprint density at radius 1 is 1.13 bits per heavy atom. The Hall–Kier alpha value is -1.07. The molecule has 0 bridgehead atoms. The van der Waals surface area contributed by atoms with E-state index in [0.29, 0.717) is 12.8 Å². The first-order chi connectivity index (χ1) is 7.00. The summed E-state index contributed by atoms with van der Waals surface area (Å²) in [5.74, 6) is 0.0441. The normalized spacial score (nSPS) is 25.9. The van der Waals surface area contributed by atoms with Crippen LogP contribution in [-0.2, 0) is 9.84 Å². The summed E-state index contributed by atoms with van der Waals surface area (Å²) in [6.45, 7) is 0. The number of aliphatic hydroxyl groups excluding tert-OH is 1. The molecule has 1 saturated carbocycles. The van der Waals surface area contributed by atoms with Crippen LogP contribution in [0.25, 0.3) is 0 Å². The van der Waals surface area contributed by atoms with Gasteiger partial charge in [0.25, 0.3) is 0 Å². The minimum atomic E-state index is -3.32. The molecule has 0 atom stereocenters.